The van der Waals surface area contributed by atoms with E-state index in [2.05, 4.69) is 10.2 Å². The van der Waals surface area contributed by atoms with Crippen LogP contribution in [-0.2, 0) is 0 Å². The van der Waals surface area contributed by atoms with Gasteiger partial charge in [-0.3, -0.25) is 0 Å². The van der Waals surface area contributed by atoms with Crippen LogP contribution in [0.4, 0.5) is 5.69 Å². The molecule has 19 heavy (non-hydrogen) atoms. The van der Waals surface area contributed by atoms with Gasteiger partial charge in [0.1, 0.15) is 0 Å². The second-order valence-corrected chi connectivity index (χ2v) is 5.67. The van der Waals surface area contributed by atoms with Crippen molar-refractivity contribution in [3.63, 3.8) is 0 Å². The second-order valence-electron chi connectivity index (χ2n) is 5.67. The van der Waals surface area contributed by atoms with Crippen LogP contribution in [-0.4, -0.2) is 41.7 Å². The number of piperidine rings is 1. The summed E-state index contributed by atoms with van der Waals surface area (Å²) < 4.78 is 0. The van der Waals surface area contributed by atoms with Crippen LogP contribution >= 0.6 is 0 Å². The molecule has 2 saturated heterocycles. The molecule has 0 spiro atoms. The average molecular weight is 260 g/mol. The predicted molar refractivity (Wildman–Crippen MR) is 74.7 cm³/mol. The average Bonchev–Trinajstić information content (AvgIpc) is 2.77. The SMILES string of the molecule is Cc1c(NC2CCN3CCC2C3)cccc1C(=O)O. The highest BCUT2D eigenvalue weighted by atomic mass is 16.4. The van der Waals surface area contributed by atoms with Gasteiger partial charge in [0.25, 0.3) is 0 Å². The minimum atomic E-state index is -0.850. The van der Waals surface area contributed by atoms with E-state index in [-0.39, 0.29) is 0 Å². The van der Waals surface area contributed by atoms with Crippen molar-refractivity contribution < 1.29 is 9.90 Å². The van der Waals surface area contributed by atoms with Crippen LogP contribution in [0, 0.1) is 12.8 Å². The number of hydrogen-bond acceptors (Lipinski definition) is 3. The number of rotatable bonds is 3. The molecule has 1 aromatic carbocycles. The fourth-order valence-electron chi connectivity index (χ4n) is 3.36. The number of nitrogens with one attached hydrogen (secondary N) is 1. The number of carboxylic acids is 1. The van der Waals surface area contributed by atoms with E-state index >= 15 is 0 Å². The summed E-state index contributed by atoms with van der Waals surface area (Å²) in [7, 11) is 0. The van der Waals surface area contributed by atoms with E-state index in [9.17, 15) is 4.79 Å². The lowest BCUT2D eigenvalue weighted by atomic mass is 9.93. The molecule has 3 rings (SSSR count). The standard InChI is InChI=1S/C15H20N2O2/c1-10-12(15(18)19)3-2-4-13(10)16-14-6-8-17-7-5-11(14)9-17/h2-4,11,14,16H,5-9H2,1H3,(H,18,19). The highest BCUT2D eigenvalue weighted by molar-refractivity contribution is 5.91. The van der Waals surface area contributed by atoms with Crippen molar-refractivity contribution in [3.05, 3.63) is 29.3 Å². The molecule has 3 atom stereocenters. The van der Waals surface area contributed by atoms with Crippen LogP contribution in [0.1, 0.15) is 28.8 Å². The fraction of sp³-hybridized carbons (Fsp3) is 0.533. The van der Waals surface area contributed by atoms with Crippen molar-refractivity contribution in [2.75, 3.05) is 25.0 Å². The van der Waals surface area contributed by atoms with E-state index in [1.54, 1.807) is 6.07 Å². The lowest BCUT2D eigenvalue weighted by molar-refractivity contribution is 0.0696. The zero-order chi connectivity index (χ0) is 13.4. The first kappa shape index (κ1) is 12.5. The summed E-state index contributed by atoms with van der Waals surface area (Å²) in [6.07, 6.45) is 2.41. The van der Waals surface area contributed by atoms with Crippen molar-refractivity contribution in [3.8, 4) is 0 Å². The van der Waals surface area contributed by atoms with E-state index in [0.717, 1.165) is 24.2 Å². The quantitative estimate of drug-likeness (QED) is 0.875. The Morgan fingerprint density at radius 1 is 1.37 bits per heavy atom. The molecule has 2 bridgehead atoms. The maximum Gasteiger partial charge on any atom is 0.336 e. The molecule has 4 heteroatoms. The molecular formula is C15H20N2O2. The number of fused-ring (bicyclic) bond motifs is 2. The Bertz CT molecular complexity index is 501. The maximum atomic E-state index is 11.2. The lowest BCUT2D eigenvalue weighted by Gasteiger charge is -2.32. The number of anilines is 1. The highest BCUT2D eigenvalue weighted by Crippen LogP contribution is 2.30. The molecule has 0 aliphatic carbocycles. The van der Waals surface area contributed by atoms with Gasteiger partial charge in [-0.2, -0.15) is 0 Å². The van der Waals surface area contributed by atoms with Gasteiger partial charge >= 0.3 is 5.97 Å². The van der Waals surface area contributed by atoms with E-state index in [0.29, 0.717) is 17.5 Å². The molecule has 2 heterocycles. The summed E-state index contributed by atoms with van der Waals surface area (Å²) in [4.78, 5) is 13.7. The third kappa shape index (κ3) is 2.32. The third-order valence-corrected chi connectivity index (χ3v) is 4.54. The van der Waals surface area contributed by atoms with Crippen LogP contribution in [0.3, 0.4) is 0 Å². The van der Waals surface area contributed by atoms with Gasteiger partial charge in [-0.1, -0.05) is 6.07 Å². The molecular weight excluding hydrogens is 240 g/mol. The molecule has 3 unspecified atom stereocenters. The topological polar surface area (TPSA) is 52.6 Å². The van der Waals surface area contributed by atoms with Crippen molar-refractivity contribution in [2.24, 2.45) is 5.92 Å². The first-order chi connectivity index (χ1) is 9.15. The van der Waals surface area contributed by atoms with Crippen molar-refractivity contribution in [1.82, 2.24) is 4.90 Å². The summed E-state index contributed by atoms with van der Waals surface area (Å²) in [6, 6.07) is 5.97. The maximum absolute atomic E-state index is 11.2. The van der Waals surface area contributed by atoms with E-state index < -0.39 is 5.97 Å². The normalized spacial score (nSPS) is 29.2. The Morgan fingerprint density at radius 3 is 2.95 bits per heavy atom. The number of carboxylic acid groups (broad SMARTS) is 1. The Morgan fingerprint density at radius 2 is 2.16 bits per heavy atom. The van der Waals surface area contributed by atoms with Crippen molar-refractivity contribution >= 4 is 11.7 Å². The number of aromatic carboxylic acids is 1. The van der Waals surface area contributed by atoms with E-state index in [4.69, 9.17) is 5.11 Å². The fourth-order valence-corrected chi connectivity index (χ4v) is 3.36. The lowest BCUT2D eigenvalue weighted by Crippen LogP contribution is -2.39. The molecule has 0 aromatic heterocycles. The molecule has 2 aliphatic heterocycles. The summed E-state index contributed by atoms with van der Waals surface area (Å²) in [5.74, 6) is -0.140. The molecule has 2 N–H and O–H groups in total. The Kier molecular flexibility index (Phi) is 3.19. The summed E-state index contributed by atoms with van der Waals surface area (Å²) in [5.41, 5.74) is 2.22. The monoisotopic (exact) mass is 260 g/mol. The summed E-state index contributed by atoms with van der Waals surface area (Å²) in [5, 5.41) is 12.7. The number of carbonyl (C=O) groups is 1. The van der Waals surface area contributed by atoms with E-state index in [1.807, 2.05) is 19.1 Å². The van der Waals surface area contributed by atoms with Crippen molar-refractivity contribution in [2.45, 2.75) is 25.8 Å². The van der Waals surface area contributed by atoms with Gasteiger partial charge in [0.2, 0.25) is 0 Å². The molecule has 1 aromatic rings. The number of benzene rings is 1. The van der Waals surface area contributed by atoms with Crippen LogP contribution in [0.5, 0.6) is 0 Å². The van der Waals surface area contributed by atoms with Gasteiger partial charge in [0.05, 0.1) is 5.56 Å². The first-order valence-electron chi connectivity index (χ1n) is 6.97. The van der Waals surface area contributed by atoms with Gasteiger partial charge < -0.3 is 15.3 Å². The molecule has 102 valence electrons. The zero-order valence-electron chi connectivity index (χ0n) is 11.2. The van der Waals surface area contributed by atoms with Crippen LogP contribution < -0.4 is 5.32 Å². The minimum absolute atomic E-state index is 0.397. The largest absolute Gasteiger partial charge is 0.478 e. The molecule has 2 aliphatic rings. The van der Waals surface area contributed by atoms with Crippen LogP contribution in [0.15, 0.2) is 18.2 Å². The van der Waals surface area contributed by atoms with Gasteiger partial charge in [-0.15, -0.1) is 0 Å². The molecule has 0 saturated carbocycles. The van der Waals surface area contributed by atoms with Gasteiger partial charge in [-0.05, 0) is 49.9 Å². The first-order valence-corrected chi connectivity index (χ1v) is 6.97. The van der Waals surface area contributed by atoms with Crippen LogP contribution in [0.2, 0.25) is 0 Å². The zero-order valence-corrected chi connectivity index (χ0v) is 11.2. The Balaban J connectivity index is 1.79. The minimum Gasteiger partial charge on any atom is -0.478 e. The Hall–Kier alpha value is -1.55. The van der Waals surface area contributed by atoms with Crippen molar-refractivity contribution in [1.29, 1.82) is 0 Å². The Labute approximate surface area is 113 Å². The van der Waals surface area contributed by atoms with E-state index in [1.165, 1.54) is 19.5 Å². The second kappa shape index (κ2) is 4.85. The third-order valence-electron chi connectivity index (χ3n) is 4.54. The van der Waals surface area contributed by atoms with Crippen LogP contribution in [0.25, 0.3) is 0 Å². The molecule has 0 amide bonds. The van der Waals surface area contributed by atoms with Gasteiger partial charge in [-0.25, -0.2) is 4.79 Å². The molecule has 2 fully saturated rings. The summed E-state index contributed by atoms with van der Waals surface area (Å²) >= 11 is 0. The predicted octanol–water partition coefficient (Wildman–Crippen LogP) is 2.20. The highest BCUT2D eigenvalue weighted by Gasteiger charge is 2.34. The molecule has 4 nitrogen and oxygen atoms in total. The van der Waals surface area contributed by atoms with Gasteiger partial charge in [0.15, 0.2) is 0 Å². The summed E-state index contributed by atoms with van der Waals surface area (Å²) in [6.45, 7) is 5.45. The molecule has 0 radical (unpaired) electrons. The number of hydrogen-bond donors (Lipinski definition) is 2. The number of nitrogens with zero attached hydrogens (tertiary/aromatic N) is 1. The van der Waals surface area contributed by atoms with Gasteiger partial charge in [0, 0.05) is 24.8 Å². The smallest absolute Gasteiger partial charge is 0.336 e.